The highest BCUT2D eigenvalue weighted by Gasteiger charge is 2.19. The maximum absolute atomic E-state index is 12.7. The predicted molar refractivity (Wildman–Crippen MR) is 242 cm³/mol. The number of carbonyl (C=O) groups is 3. The van der Waals surface area contributed by atoms with E-state index in [9.17, 15) is 14.4 Å². The molecule has 0 spiro atoms. The Bertz CT molecular complexity index is 969. The van der Waals surface area contributed by atoms with Crippen molar-refractivity contribution < 1.29 is 28.6 Å². The van der Waals surface area contributed by atoms with Crippen molar-refractivity contribution in [2.45, 2.75) is 258 Å². The molecule has 0 aromatic heterocycles. The number of esters is 3. The standard InChI is InChI=1S/C51H92O6/c1-4-7-10-13-16-19-22-23-24-25-26-27-30-32-35-38-41-44-50(53)56-47-48(57-51(54)45-42-39-36-33-29-21-18-15-12-9-6-3)46-55-49(52)43-40-37-34-31-28-20-17-14-11-8-5-2/h15-16,18-19,23-24,48H,4-14,17,20-22,25-47H2,1-3H3/b18-15-,19-16-,24-23-/t48-/m0/s1. The van der Waals surface area contributed by atoms with Crippen molar-refractivity contribution in [2.24, 2.45) is 0 Å². The van der Waals surface area contributed by atoms with Crippen LogP contribution in [-0.4, -0.2) is 37.2 Å². The number of hydrogen-bond donors (Lipinski definition) is 0. The molecule has 0 aromatic carbocycles. The van der Waals surface area contributed by atoms with Gasteiger partial charge in [-0.15, -0.1) is 0 Å². The topological polar surface area (TPSA) is 78.9 Å². The summed E-state index contributed by atoms with van der Waals surface area (Å²) in [6.45, 7) is 6.56. The number of unbranched alkanes of at least 4 members (excludes halogenated alkanes) is 27. The smallest absolute Gasteiger partial charge is 0.306 e. The van der Waals surface area contributed by atoms with Crippen LogP contribution in [0.15, 0.2) is 36.5 Å². The molecule has 332 valence electrons. The van der Waals surface area contributed by atoms with Gasteiger partial charge in [-0.25, -0.2) is 0 Å². The molecule has 57 heavy (non-hydrogen) atoms. The Kier molecular flexibility index (Phi) is 44.4. The zero-order chi connectivity index (χ0) is 41.5. The first kappa shape index (κ1) is 54.6. The van der Waals surface area contributed by atoms with Crippen LogP contribution in [0.3, 0.4) is 0 Å². The Morgan fingerprint density at radius 1 is 0.351 bits per heavy atom. The maximum atomic E-state index is 12.7. The summed E-state index contributed by atoms with van der Waals surface area (Å²) in [5.41, 5.74) is 0. The fourth-order valence-electron chi connectivity index (χ4n) is 6.86. The molecule has 0 aliphatic carbocycles. The summed E-state index contributed by atoms with van der Waals surface area (Å²) in [6, 6.07) is 0. The lowest BCUT2D eigenvalue weighted by atomic mass is 10.1. The van der Waals surface area contributed by atoms with Crippen molar-refractivity contribution in [3.63, 3.8) is 0 Å². The molecule has 0 unspecified atom stereocenters. The zero-order valence-corrected chi connectivity index (χ0v) is 37.9. The van der Waals surface area contributed by atoms with Gasteiger partial charge in [0.25, 0.3) is 0 Å². The molecule has 0 fully saturated rings. The molecular formula is C51H92O6. The van der Waals surface area contributed by atoms with Gasteiger partial charge in [-0.1, -0.05) is 198 Å². The van der Waals surface area contributed by atoms with E-state index in [0.29, 0.717) is 19.3 Å². The van der Waals surface area contributed by atoms with Crippen LogP contribution in [0.25, 0.3) is 0 Å². The number of carbonyl (C=O) groups excluding carboxylic acids is 3. The van der Waals surface area contributed by atoms with Gasteiger partial charge in [0.1, 0.15) is 13.2 Å². The second-order valence-corrected chi connectivity index (χ2v) is 16.4. The van der Waals surface area contributed by atoms with Crippen molar-refractivity contribution in [2.75, 3.05) is 13.2 Å². The lowest BCUT2D eigenvalue weighted by Gasteiger charge is -2.18. The van der Waals surface area contributed by atoms with Crippen LogP contribution in [0.4, 0.5) is 0 Å². The van der Waals surface area contributed by atoms with E-state index in [1.807, 2.05) is 0 Å². The Morgan fingerprint density at radius 2 is 0.649 bits per heavy atom. The number of ether oxygens (including phenoxy) is 3. The fraction of sp³-hybridized carbons (Fsp3) is 0.824. The van der Waals surface area contributed by atoms with E-state index in [2.05, 4.69) is 57.2 Å². The largest absolute Gasteiger partial charge is 0.462 e. The number of rotatable bonds is 44. The monoisotopic (exact) mass is 801 g/mol. The van der Waals surface area contributed by atoms with E-state index in [4.69, 9.17) is 14.2 Å². The minimum atomic E-state index is -0.774. The van der Waals surface area contributed by atoms with E-state index in [0.717, 1.165) is 83.5 Å². The van der Waals surface area contributed by atoms with E-state index < -0.39 is 6.10 Å². The van der Waals surface area contributed by atoms with Gasteiger partial charge < -0.3 is 14.2 Å². The first-order valence-electron chi connectivity index (χ1n) is 24.5. The lowest BCUT2D eigenvalue weighted by molar-refractivity contribution is -0.167. The molecule has 0 heterocycles. The number of allylic oxidation sites excluding steroid dienone is 6. The Morgan fingerprint density at radius 3 is 1.07 bits per heavy atom. The fourth-order valence-corrected chi connectivity index (χ4v) is 6.86. The first-order chi connectivity index (χ1) is 28.0. The highest BCUT2D eigenvalue weighted by atomic mass is 16.6. The van der Waals surface area contributed by atoms with Gasteiger partial charge in [-0.2, -0.15) is 0 Å². The Balaban J connectivity index is 4.33. The minimum Gasteiger partial charge on any atom is -0.462 e. The third kappa shape index (κ3) is 44.6. The molecule has 6 nitrogen and oxygen atoms in total. The molecule has 0 aliphatic rings. The van der Waals surface area contributed by atoms with Gasteiger partial charge >= 0.3 is 17.9 Å². The van der Waals surface area contributed by atoms with Crippen LogP contribution in [0.2, 0.25) is 0 Å². The molecule has 0 radical (unpaired) electrons. The second-order valence-electron chi connectivity index (χ2n) is 16.4. The molecule has 0 saturated heterocycles. The van der Waals surface area contributed by atoms with E-state index in [1.54, 1.807) is 0 Å². The molecule has 0 bridgehead atoms. The SMILES string of the molecule is CCCC/C=C\CCCCCCCC(=O)O[C@H](COC(=O)CCCCCCCCC/C=C\C/C=C\CCCCC)COC(=O)CCCCCCCCCCCCC. The van der Waals surface area contributed by atoms with E-state index >= 15 is 0 Å². The minimum absolute atomic E-state index is 0.0758. The third-order valence-electron chi connectivity index (χ3n) is 10.6. The van der Waals surface area contributed by atoms with Gasteiger partial charge in [-0.05, 0) is 70.6 Å². The summed E-state index contributed by atoms with van der Waals surface area (Å²) < 4.78 is 16.7. The summed E-state index contributed by atoms with van der Waals surface area (Å²) in [4.78, 5) is 37.8. The molecule has 0 aliphatic heterocycles. The average Bonchev–Trinajstić information content (AvgIpc) is 3.21. The quantitative estimate of drug-likeness (QED) is 0.0264. The Hall–Kier alpha value is -2.37. The number of hydrogen-bond acceptors (Lipinski definition) is 6. The van der Waals surface area contributed by atoms with Gasteiger partial charge in [0, 0.05) is 19.3 Å². The molecule has 0 aromatic rings. The van der Waals surface area contributed by atoms with Crippen molar-refractivity contribution >= 4 is 17.9 Å². The van der Waals surface area contributed by atoms with Crippen molar-refractivity contribution in [1.29, 1.82) is 0 Å². The third-order valence-corrected chi connectivity index (χ3v) is 10.6. The summed E-state index contributed by atoms with van der Waals surface area (Å²) in [5.74, 6) is -0.889. The summed E-state index contributed by atoms with van der Waals surface area (Å²) >= 11 is 0. The van der Waals surface area contributed by atoms with Gasteiger partial charge in [0.15, 0.2) is 6.10 Å². The first-order valence-corrected chi connectivity index (χ1v) is 24.5. The van der Waals surface area contributed by atoms with Crippen LogP contribution in [0, 0.1) is 0 Å². The van der Waals surface area contributed by atoms with Gasteiger partial charge in [0.2, 0.25) is 0 Å². The summed E-state index contributed by atoms with van der Waals surface area (Å²) in [7, 11) is 0. The van der Waals surface area contributed by atoms with Gasteiger partial charge in [0.05, 0.1) is 0 Å². The predicted octanol–water partition coefficient (Wildman–Crippen LogP) is 15.8. The van der Waals surface area contributed by atoms with E-state index in [1.165, 1.54) is 128 Å². The summed E-state index contributed by atoms with van der Waals surface area (Å²) in [5, 5.41) is 0. The maximum Gasteiger partial charge on any atom is 0.306 e. The molecule has 1 atom stereocenters. The van der Waals surface area contributed by atoms with Crippen LogP contribution in [-0.2, 0) is 28.6 Å². The van der Waals surface area contributed by atoms with Crippen molar-refractivity contribution in [3.8, 4) is 0 Å². The van der Waals surface area contributed by atoms with Crippen LogP contribution < -0.4 is 0 Å². The highest BCUT2D eigenvalue weighted by molar-refractivity contribution is 5.71. The second kappa shape index (κ2) is 46.3. The normalized spacial score (nSPS) is 12.3. The van der Waals surface area contributed by atoms with Crippen LogP contribution in [0.1, 0.15) is 252 Å². The van der Waals surface area contributed by atoms with E-state index in [-0.39, 0.29) is 31.1 Å². The van der Waals surface area contributed by atoms with Crippen molar-refractivity contribution in [3.05, 3.63) is 36.5 Å². The molecule has 0 saturated carbocycles. The highest BCUT2D eigenvalue weighted by Crippen LogP contribution is 2.15. The average molecular weight is 801 g/mol. The lowest BCUT2D eigenvalue weighted by Crippen LogP contribution is -2.30. The molecule has 0 N–H and O–H groups in total. The van der Waals surface area contributed by atoms with Crippen LogP contribution in [0.5, 0.6) is 0 Å². The molecule has 0 amide bonds. The summed E-state index contributed by atoms with van der Waals surface area (Å²) in [6.07, 6.45) is 52.6. The van der Waals surface area contributed by atoms with Crippen LogP contribution >= 0.6 is 0 Å². The molecule has 0 rings (SSSR count). The Labute approximate surface area is 353 Å². The molecule has 6 heteroatoms. The van der Waals surface area contributed by atoms with Crippen molar-refractivity contribution in [1.82, 2.24) is 0 Å². The van der Waals surface area contributed by atoms with Gasteiger partial charge in [-0.3, -0.25) is 14.4 Å². The zero-order valence-electron chi connectivity index (χ0n) is 37.9. The molecular weight excluding hydrogens is 709 g/mol.